The molecule has 1 saturated heterocycles. The van der Waals surface area contributed by atoms with Crippen LogP contribution in [0.5, 0.6) is 0 Å². The number of hydrogen-bond donors (Lipinski definition) is 7. The van der Waals surface area contributed by atoms with E-state index in [0.29, 0.717) is 18.5 Å². The molecule has 1 aromatic heterocycles. The van der Waals surface area contributed by atoms with Crippen molar-refractivity contribution in [2.75, 3.05) is 13.2 Å². The minimum Gasteiger partial charge on any atom is -0.394 e. The molecular weight excluding hydrogens is 642 g/mol. The van der Waals surface area contributed by atoms with Gasteiger partial charge in [0.05, 0.1) is 32.0 Å². The molecule has 7 N–H and O–H groups in total. The van der Waals surface area contributed by atoms with E-state index in [9.17, 15) is 35.4 Å². The number of aliphatic hydroxyl groups is 6. The lowest BCUT2D eigenvalue weighted by atomic mass is 9.99. The first-order chi connectivity index (χ1) is 24.2. The number of aliphatic hydroxyl groups excluding tert-OH is 6. The number of nitrogens with one attached hydrogen (secondary N) is 1. The molecule has 0 spiro atoms. The Morgan fingerprint density at radius 3 is 2.22 bits per heavy atom. The van der Waals surface area contributed by atoms with Gasteiger partial charge in [-0.1, -0.05) is 87.2 Å². The van der Waals surface area contributed by atoms with Gasteiger partial charge in [-0.25, -0.2) is 0 Å². The standard InChI is InChI=1S/C38H55N3O9/c1-2-3-4-7-15-27-17-19-28(20-18-27)22-41-23-29(21-39-41)33(44)34(45)30(25-49-38-37(48)36(47)35(46)31(24-42)50-38)40-32(43)16-11-6-10-14-26-12-8-5-9-13-26/h5,8-9,12-13,17-21,23,30-31,33-38,42,44-48H,2-4,6-7,10-11,14-16,22,24-25H2,1H3,(H,40,43)/t30-,31+,33+,34-,35-,36-,37+,38-/m0/s1. The lowest BCUT2D eigenvalue weighted by molar-refractivity contribution is -0.303. The van der Waals surface area contributed by atoms with Gasteiger partial charge in [0.15, 0.2) is 6.29 Å². The van der Waals surface area contributed by atoms with E-state index < -0.39 is 62.2 Å². The van der Waals surface area contributed by atoms with E-state index in [1.165, 1.54) is 43.0 Å². The highest BCUT2D eigenvalue weighted by molar-refractivity contribution is 5.76. The number of nitrogens with zero attached hydrogens (tertiary/aromatic N) is 2. The molecule has 276 valence electrons. The van der Waals surface area contributed by atoms with Crippen LogP contribution >= 0.6 is 0 Å². The van der Waals surface area contributed by atoms with E-state index in [2.05, 4.69) is 53.7 Å². The van der Waals surface area contributed by atoms with Gasteiger partial charge in [0.2, 0.25) is 5.91 Å². The lowest BCUT2D eigenvalue weighted by Crippen LogP contribution is -2.60. The third kappa shape index (κ3) is 12.0. The van der Waals surface area contributed by atoms with Crippen LogP contribution in [0.15, 0.2) is 67.0 Å². The molecule has 50 heavy (non-hydrogen) atoms. The van der Waals surface area contributed by atoms with Gasteiger partial charge in [0.25, 0.3) is 0 Å². The van der Waals surface area contributed by atoms with Crippen molar-refractivity contribution in [1.29, 1.82) is 0 Å². The monoisotopic (exact) mass is 697 g/mol. The third-order valence-electron chi connectivity index (χ3n) is 9.26. The summed E-state index contributed by atoms with van der Waals surface area (Å²) in [4.78, 5) is 13.0. The summed E-state index contributed by atoms with van der Waals surface area (Å²) in [5, 5.41) is 69.9. The molecule has 0 unspecified atom stereocenters. The second kappa shape index (κ2) is 20.6. The van der Waals surface area contributed by atoms with E-state index in [-0.39, 0.29) is 12.3 Å². The van der Waals surface area contributed by atoms with Gasteiger partial charge in [-0.3, -0.25) is 9.48 Å². The molecule has 0 aliphatic carbocycles. The summed E-state index contributed by atoms with van der Waals surface area (Å²) < 4.78 is 12.8. The zero-order valence-corrected chi connectivity index (χ0v) is 29.0. The smallest absolute Gasteiger partial charge is 0.220 e. The second-order valence-corrected chi connectivity index (χ2v) is 13.3. The fraction of sp³-hybridized carbons (Fsp3) is 0.579. The Morgan fingerprint density at radius 1 is 0.880 bits per heavy atom. The summed E-state index contributed by atoms with van der Waals surface area (Å²) in [6.07, 6.45) is 1.86. The summed E-state index contributed by atoms with van der Waals surface area (Å²) in [5.41, 5.74) is 3.89. The highest BCUT2D eigenvalue weighted by atomic mass is 16.7. The first-order valence-electron chi connectivity index (χ1n) is 17.9. The molecule has 0 bridgehead atoms. The number of unbranched alkanes of at least 4 members (excludes halogenated alkanes) is 5. The highest BCUT2D eigenvalue weighted by Crippen LogP contribution is 2.24. The number of rotatable bonds is 21. The summed E-state index contributed by atoms with van der Waals surface area (Å²) in [7, 11) is 0. The molecule has 1 amide bonds. The normalized spacial score (nSPS) is 22.6. The van der Waals surface area contributed by atoms with Gasteiger partial charge < -0.3 is 45.4 Å². The zero-order chi connectivity index (χ0) is 35.9. The van der Waals surface area contributed by atoms with E-state index in [1.807, 2.05) is 18.2 Å². The van der Waals surface area contributed by atoms with E-state index in [0.717, 1.165) is 31.2 Å². The third-order valence-corrected chi connectivity index (χ3v) is 9.26. The summed E-state index contributed by atoms with van der Waals surface area (Å²) in [6.45, 7) is 1.61. The van der Waals surface area contributed by atoms with Crippen molar-refractivity contribution < 1.29 is 44.9 Å². The van der Waals surface area contributed by atoms with Crippen LogP contribution in [-0.2, 0) is 33.7 Å². The minimum absolute atomic E-state index is 0.184. The first kappa shape index (κ1) is 39.6. The fourth-order valence-corrected chi connectivity index (χ4v) is 6.13. The summed E-state index contributed by atoms with van der Waals surface area (Å²) in [5.74, 6) is -0.358. The Hall–Kier alpha value is -3.20. The number of ether oxygens (including phenoxy) is 2. The molecule has 2 heterocycles. The average molecular weight is 698 g/mol. The molecule has 12 nitrogen and oxygen atoms in total. The molecule has 2 aromatic carbocycles. The number of carbonyl (C=O) groups excluding carboxylic acids is 1. The van der Waals surface area contributed by atoms with Crippen molar-refractivity contribution >= 4 is 5.91 Å². The number of carbonyl (C=O) groups is 1. The van der Waals surface area contributed by atoms with Crippen molar-refractivity contribution in [2.24, 2.45) is 0 Å². The first-order valence-corrected chi connectivity index (χ1v) is 17.9. The zero-order valence-electron chi connectivity index (χ0n) is 29.0. The topological polar surface area (TPSA) is 187 Å². The number of amides is 1. The number of aromatic nitrogens is 2. The molecule has 1 fully saturated rings. The largest absolute Gasteiger partial charge is 0.394 e. The van der Waals surface area contributed by atoms with Gasteiger partial charge in [0.1, 0.15) is 36.6 Å². The quantitative estimate of drug-likeness (QED) is 0.0816. The average Bonchev–Trinajstić information content (AvgIpc) is 3.60. The van der Waals surface area contributed by atoms with Crippen LogP contribution in [0.1, 0.15) is 86.6 Å². The lowest BCUT2D eigenvalue weighted by Gasteiger charge is -2.40. The molecule has 8 atom stereocenters. The highest BCUT2D eigenvalue weighted by Gasteiger charge is 2.44. The Balaban J connectivity index is 1.36. The number of benzene rings is 2. The maximum atomic E-state index is 13.0. The summed E-state index contributed by atoms with van der Waals surface area (Å²) in [6, 6.07) is 17.3. The molecule has 0 radical (unpaired) electrons. The fourth-order valence-electron chi connectivity index (χ4n) is 6.13. The maximum Gasteiger partial charge on any atom is 0.220 e. The molecule has 4 rings (SSSR count). The Bertz CT molecular complexity index is 1390. The molecule has 3 aromatic rings. The molecule has 0 saturated carbocycles. The SMILES string of the molecule is CCCCCCc1ccc(Cn2cc([C@@H](O)[C@@H](O)[C@H](CO[C@H]3O[C@H](CO)[C@H](O)[C@H](O)[C@H]3O)NC(=O)CCCCCc3ccccc3)cn2)cc1. The molecule has 1 aliphatic rings. The molecule has 12 heteroatoms. The van der Waals surface area contributed by atoms with E-state index in [1.54, 1.807) is 10.9 Å². The van der Waals surface area contributed by atoms with Gasteiger partial charge in [-0.15, -0.1) is 0 Å². The van der Waals surface area contributed by atoms with Crippen molar-refractivity contribution in [2.45, 2.75) is 127 Å². The molecular formula is C38H55N3O9. The predicted molar refractivity (Wildman–Crippen MR) is 187 cm³/mol. The van der Waals surface area contributed by atoms with Crippen molar-refractivity contribution in [3.8, 4) is 0 Å². The van der Waals surface area contributed by atoms with Crippen LogP contribution in [0, 0.1) is 0 Å². The van der Waals surface area contributed by atoms with Gasteiger partial charge in [0, 0.05) is 18.2 Å². The minimum atomic E-state index is -1.66. The summed E-state index contributed by atoms with van der Waals surface area (Å²) >= 11 is 0. The second-order valence-electron chi connectivity index (χ2n) is 13.3. The van der Waals surface area contributed by atoms with Crippen LogP contribution in [0.25, 0.3) is 0 Å². The Labute approximate surface area is 294 Å². The van der Waals surface area contributed by atoms with Crippen molar-refractivity contribution in [1.82, 2.24) is 15.1 Å². The van der Waals surface area contributed by atoms with Gasteiger partial charge in [-0.05, 0) is 48.8 Å². The number of aryl methyl sites for hydroxylation is 2. The number of hydrogen-bond acceptors (Lipinski definition) is 10. The Morgan fingerprint density at radius 2 is 1.54 bits per heavy atom. The van der Waals surface area contributed by atoms with E-state index in [4.69, 9.17) is 9.47 Å². The van der Waals surface area contributed by atoms with Gasteiger partial charge in [-0.2, -0.15) is 5.10 Å². The van der Waals surface area contributed by atoms with Gasteiger partial charge >= 0.3 is 0 Å². The predicted octanol–water partition coefficient (Wildman–Crippen LogP) is 2.55. The van der Waals surface area contributed by atoms with Crippen LogP contribution in [0.2, 0.25) is 0 Å². The van der Waals surface area contributed by atoms with Crippen molar-refractivity contribution in [3.63, 3.8) is 0 Å². The molecule has 1 aliphatic heterocycles. The van der Waals surface area contributed by atoms with Crippen molar-refractivity contribution in [3.05, 3.63) is 89.2 Å². The Kier molecular flexibility index (Phi) is 16.3. The van der Waals surface area contributed by atoms with Crippen LogP contribution in [-0.4, -0.2) is 102 Å². The van der Waals surface area contributed by atoms with Crippen LogP contribution in [0.3, 0.4) is 0 Å². The van der Waals surface area contributed by atoms with Crippen LogP contribution in [0.4, 0.5) is 0 Å². The van der Waals surface area contributed by atoms with Crippen LogP contribution < -0.4 is 5.32 Å². The van der Waals surface area contributed by atoms with E-state index >= 15 is 0 Å². The maximum absolute atomic E-state index is 13.0.